The van der Waals surface area contributed by atoms with Crippen LogP contribution in [0.3, 0.4) is 0 Å². The Morgan fingerprint density at radius 2 is 1.39 bits per heavy atom. The predicted octanol–water partition coefficient (Wildman–Crippen LogP) is 2.28. The van der Waals surface area contributed by atoms with Gasteiger partial charge < -0.3 is 74.0 Å². The summed E-state index contributed by atoms with van der Waals surface area (Å²) < 4.78 is 42.1. The summed E-state index contributed by atoms with van der Waals surface area (Å²) in [5, 5.41) is 86.0. The van der Waals surface area contributed by atoms with Crippen LogP contribution < -0.4 is 0 Å². The van der Waals surface area contributed by atoms with E-state index in [0.29, 0.717) is 12.3 Å². The Balaban J connectivity index is 1.09. The molecule has 22 atom stereocenters. The molecular formula is C50H80O17. The van der Waals surface area contributed by atoms with E-state index >= 15 is 0 Å². The minimum Gasteiger partial charge on any atom is -0.469 e. The van der Waals surface area contributed by atoms with E-state index in [4.69, 9.17) is 33.2 Å². The number of rotatable bonds is 10. The van der Waals surface area contributed by atoms with Crippen LogP contribution in [-0.4, -0.2) is 166 Å². The van der Waals surface area contributed by atoms with Crippen molar-refractivity contribution in [1.82, 2.24) is 0 Å². The molecule has 0 radical (unpaired) electrons. The molecule has 2 heterocycles. The second-order valence-electron chi connectivity index (χ2n) is 23.9. The lowest BCUT2D eigenvalue weighted by Gasteiger charge is -2.71. The third-order valence-electron chi connectivity index (χ3n) is 19.9. The smallest absolute Gasteiger partial charge is 0.337 e. The van der Waals surface area contributed by atoms with Crippen LogP contribution in [0.25, 0.3) is 0 Å². The summed E-state index contributed by atoms with van der Waals surface area (Å²) >= 11 is 0. The molecule has 0 spiro atoms. The molecule has 0 aromatic rings. The monoisotopic (exact) mass is 953 g/mol. The van der Waals surface area contributed by atoms with Gasteiger partial charge in [-0.2, -0.15) is 0 Å². The van der Waals surface area contributed by atoms with Crippen molar-refractivity contribution in [3.05, 3.63) is 11.6 Å². The minimum atomic E-state index is -1.81. The molecule has 2 saturated heterocycles. The molecule has 5 saturated carbocycles. The molecule has 0 amide bonds. The zero-order valence-corrected chi connectivity index (χ0v) is 40.9. The summed E-state index contributed by atoms with van der Waals surface area (Å²) in [6.45, 7) is 15.3. The summed E-state index contributed by atoms with van der Waals surface area (Å²) in [6, 6.07) is 0. The fourth-order valence-electron chi connectivity index (χ4n) is 15.7. The molecule has 17 heteroatoms. The van der Waals surface area contributed by atoms with Gasteiger partial charge in [-0.1, -0.05) is 60.1 Å². The average Bonchev–Trinajstić information content (AvgIpc) is 3.56. The molecule has 67 heavy (non-hydrogen) atoms. The van der Waals surface area contributed by atoms with Crippen molar-refractivity contribution in [1.29, 1.82) is 0 Å². The molecular weight excluding hydrogens is 873 g/mol. The summed E-state index contributed by atoms with van der Waals surface area (Å²) in [5.74, 6) is -1.30. The molecule has 6 aliphatic carbocycles. The number of aliphatic hydroxyl groups excluding tert-OH is 8. The van der Waals surface area contributed by atoms with Gasteiger partial charge in [-0.25, -0.2) is 4.79 Å². The molecule has 7 fully saturated rings. The molecule has 8 rings (SSSR count). The number of carbonyl (C=O) groups excluding carboxylic acids is 2. The lowest BCUT2D eigenvalue weighted by molar-refractivity contribution is -0.357. The number of esters is 2. The van der Waals surface area contributed by atoms with Gasteiger partial charge in [0.25, 0.3) is 0 Å². The second-order valence-corrected chi connectivity index (χ2v) is 23.9. The van der Waals surface area contributed by atoms with E-state index in [-0.39, 0.29) is 45.9 Å². The Morgan fingerprint density at radius 1 is 0.687 bits per heavy atom. The lowest BCUT2D eigenvalue weighted by Crippen LogP contribution is -2.67. The molecule has 8 aliphatic rings. The summed E-state index contributed by atoms with van der Waals surface area (Å²) in [4.78, 5) is 27.3. The van der Waals surface area contributed by atoms with Crippen LogP contribution in [0, 0.1) is 56.2 Å². The Morgan fingerprint density at radius 3 is 2.03 bits per heavy atom. The molecule has 0 unspecified atom stereocenters. The highest BCUT2D eigenvalue weighted by atomic mass is 16.8. The van der Waals surface area contributed by atoms with Crippen molar-refractivity contribution < 1.29 is 83.6 Å². The van der Waals surface area contributed by atoms with Crippen LogP contribution in [0.4, 0.5) is 0 Å². The first-order valence-electron chi connectivity index (χ1n) is 24.8. The van der Waals surface area contributed by atoms with Crippen LogP contribution in [0.5, 0.6) is 0 Å². The van der Waals surface area contributed by atoms with Crippen molar-refractivity contribution in [3.8, 4) is 0 Å². The Kier molecular flexibility index (Phi) is 14.1. The fraction of sp³-hybridized carbons (Fsp3) is 0.920. The van der Waals surface area contributed by atoms with Crippen molar-refractivity contribution >= 4 is 11.9 Å². The average molecular weight is 953 g/mol. The maximum atomic E-state index is 13.8. The van der Waals surface area contributed by atoms with E-state index in [2.05, 4.69) is 54.5 Å². The molecule has 2 aliphatic heterocycles. The van der Waals surface area contributed by atoms with Crippen LogP contribution in [0.2, 0.25) is 0 Å². The number of methoxy groups -OCH3 is 2. The highest BCUT2D eigenvalue weighted by Crippen LogP contribution is 2.76. The first-order chi connectivity index (χ1) is 31.4. The third-order valence-corrected chi connectivity index (χ3v) is 19.9. The van der Waals surface area contributed by atoms with Crippen LogP contribution in [0.1, 0.15) is 119 Å². The standard InChI is InChI=1S/C50H80O17/c1-45(2)16-18-50(44(60)62-9)19-17-48(6)25(26(50)21-45)10-11-30-47(5)14-13-31(46(3,4)29(47)12-15-49(30,48)7)65-43-39(63-27-20-24(22-51)32(53)35(56)33(27)54)37(58)38(40(67-43)41(59)61-8)66-42-36(57)34(55)28(23-52)64-42/h10,24,26-40,42-43,51-58H,11-23H2,1-9H3/t24-,26-,27-,28+,29-,30-,31-,32+,33+,34+,35+,36-,37+,38+,39-,40+,42+,43-,47-,48-,49-,50+/m1/s1. The van der Waals surface area contributed by atoms with Gasteiger partial charge >= 0.3 is 11.9 Å². The zero-order chi connectivity index (χ0) is 49.0. The Labute approximate surface area is 394 Å². The highest BCUT2D eigenvalue weighted by Gasteiger charge is 2.70. The first-order valence-corrected chi connectivity index (χ1v) is 24.8. The van der Waals surface area contributed by atoms with Crippen molar-refractivity contribution in [3.63, 3.8) is 0 Å². The SMILES string of the molecule is COC(=O)[C@H]1O[C@@H](O[C@@H]2CC[C@]3(C)[C@H](CC[C@]4(C)[C@@H]3CC=C3[C@H]5CC(C)(C)CC[C@]5(C(=O)OC)CC[C@]34C)C2(C)C)[C@H](O[C@@H]2C[C@H](CO)[C@H](O)[C@H](O)[C@H]2O)[C@@H](O)[C@@H]1O[C@@H]1O[C@@H](CO)[C@H](O)[C@H]1O. The second kappa shape index (κ2) is 18.3. The van der Waals surface area contributed by atoms with Gasteiger partial charge in [0.1, 0.15) is 48.8 Å². The number of fused-ring (bicyclic) bond motifs is 7. The number of allylic oxidation sites excluding steroid dienone is 2. The van der Waals surface area contributed by atoms with E-state index in [9.17, 15) is 50.4 Å². The zero-order valence-electron chi connectivity index (χ0n) is 40.9. The molecule has 17 nitrogen and oxygen atoms in total. The third kappa shape index (κ3) is 8.08. The van der Waals surface area contributed by atoms with Crippen LogP contribution in [-0.2, 0) is 42.7 Å². The molecule has 0 aromatic carbocycles. The predicted molar refractivity (Wildman–Crippen MR) is 237 cm³/mol. The molecule has 8 N–H and O–H groups in total. The largest absolute Gasteiger partial charge is 0.469 e. The first kappa shape index (κ1) is 51.5. The van der Waals surface area contributed by atoms with Gasteiger partial charge in [-0.3, -0.25) is 4.79 Å². The van der Waals surface area contributed by atoms with Gasteiger partial charge in [0.05, 0.1) is 44.6 Å². The topological polar surface area (TPSA) is 261 Å². The van der Waals surface area contributed by atoms with Crippen LogP contribution in [0.15, 0.2) is 11.6 Å². The summed E-state index contributed by atoms with van der Waals surface area (Å²) in [5.41, 5.74) is 0.264. The number of ether oxygens (including phenoxy) is 7. The van der Waals surface area contributed by atoms with Crippen LogP contribution >= 0.6 is 0 Å². The van der Waals surface area contributed by atoms with Gasteiger partial charge in [0, 0.05) is 12.5 Å². The van der Waals surface area contributed by atoms with E-state index < -0.39 is 122 Å². The quantitative estimate of drug-likeness (QED) is 0.0888. The van der Waals surface area contributed by atoms with Crippen molar-refractivity contribution in [2.45, 2.75) is 205 Å². The maximum Gasteiger partial charge on any atom is 0.337 e. The number of aliphatic hydroxyl groups is 8. The van der Waals surface area contributed by atoms with E-state index in [1.165, 1.54) is 12.7 Å². The summed E-state index contributed by atoms with van der Waals surface area (Å²) in [7, 11) is 2.66. The Bertz CT molecular complexity index is 1860. The molecule has 382 valence electrons. The summed E-state index contributed by atoms with van der Waals surface area (Å²) in [6.07, 6.45) is -9.83. The molecule has 0 aromatic heterocycles. The van der Waals surface area contributed by atoms with Crippen molar-refractivity contribution in [2.24, 2.45) is 56.2 Å². The fourth-order valence-corrected chi connectivity index (χ4v) is 15.7. The molecule has 0 bridgehead atoms. The normalized spacial score (nSPS) is 51.3. The van der Waals surface area contributed by atoms with E-state index in [0.717, 1.165) is 64.9 Å². The number of hydrogen-bond acceptors (Lipinski definition) is 17. The highest BCUT2D eigenvalue weighted by molar-refractivity contribution is 5.78. The van der Waals surface area contributed by atoms with E-state index in [1.54, 1.807) is 0 Å². The van der Waals surface area contributed by atoms with Crippen molar-refractivity contribution in [2.75, 3.05) is 27.4 Å². The van der Waals surface area contributed by atoms with Gasteiger partial charge in [0.15, 0.2) is 18.7 Å². The minimum absolute atomic E-state index is 0.0521. The number of carbonyl (C=O) groups is 2. The maximum absolute atomic E-state index is 13.8. The Hall–Kier alpha value is -1.84. The lowest BCUT2D eigenvalue weighted by atomic mass is 9.33. The van der Waals surface area contributed by atoms with Gasteiger partial charge in [-0.05, 0) is 115 Å². The number of hydrogen-bond donors (Lipinski definition) is 8. The van der Waals surface area contributed by atoms with Gasteiger partial charge in [-0.15, -0.1) is 0 Å². The van der Waals surface area contributed by atoms with Gasteiger partial charge in [0.2, 0.25) is 0 Å². The van der Waals surface area contributed by atoms with E-state index in [1.807, 2.05) is 0 Å².